The highest BCUT2D eigenvalue weighted by atomic mass is 16.5. The van der Waals surface area contributed by atoms with E-state index >= 15 is 0 Å². The molecule has 0 aromatic heterocycles. The molecule has 0 aliphatic rings. The molecule has 0 aliphatic heterocycles. The lowest BCUT2D eigenvalue weighted by Crippen LogP contribution is -2.21. The lowest BCUT2D eigenvalue weighted by Gasteiger charge is -2.13. The monoisotopic (exact) mass is 265 g/mol. The number of methoxy groups -OCH3 is 1. The minimum Gasteiger partial charge on any atom is -0.497 e. The molecular weight excluding hydrogens is 242 g/mol. The summed E-state index contributed by atoms with van der Waals surface area (Å²) in [4.78, 5) is 13.9. The molecule has 0 fully saturated rings. The highest BCUT2D eigenvalue weighted by Gasteiger charge is 2.06. The number of nitrogens with two attached hydrogens (primary N) is 1. The third kappa shape index (κ3) is 5.18. The van der Waals surface area contributed by atoms with Crippen molar-refractivity contribution in [3.8, 4) is 5.75 Å². The van der Waals surface area contributed by atoms with Gasteiger partial charge in [-0.05, 0) is 38.7 Å². The van der Waals surface area contributed by atoms with E-state index in [0.717, 1.165) is 19.5 Å². The van der Waals surface area contributed by atoms with E-state index in [9.17, 15) is 4.79 Å². The number of carbonyl (C=O) groups is 1. The van der Waals surface area contributed by atoms with E-state index in [2.05, 4.69) is 17.1 Å². The van der Waals surface area contributed by atoms with E-state index in [1.807, 2.05) is 7.05 Å². The van der Waals surface area contributed by atoms with Gasteiger partial charge in [-0.1, -0.05) is 6.92 Å². The summed E-state index contributed by atoms with van der Waals surface area (Å²) in [7, 11) is 3.62. The average Bonchev–Trinajstić information content (AvgIpc) is 2.40. The molecule has 0 radical (unpaired) electrons. The molecule has 1 rings (SSSR count). The summed E-state index contributed by atoms with van der Waals surface area (Å²) in [6.07, 6.45) is 1.34. The molecule has 0 aliphatic carbocycles. The predicted molar refractivity (Wildman–Crippen MR) is 78.4 cm³/mol. The van der Waals surface area contributed by atoms with Crippen LogP contribution < -0.4 is 15.8 Å². The zero-order valence-corrected chi connectivity index (χ0v) is 11.9. The van der Waals surface area contributed by atoms with Gasteiger partial charge in [0, 0.05) is 12.5 Å². The molecule has 0 unspecified atom stereocenters. The standard InChI is InChI=1S/C14H23N3O2/c1-4-17(2)9-5-6-14(18)16-13-8-7-11(19-3)10-12(13)15/h7-8,10H,4-6,9,15H2,1-3H3,(H,16,18). The van der Waals surface area contributed by atoms with E-state index in [1.165, 1.54) is 0 Å². The molecule has 5 nitrogen and oxygen atoms in total. The van der Waals surface area contributed by atoms with Crippen LogP contribution in [-0.4, -0.2) is 38.1 Å². The van der Waals surface area contributed by atoms with E-state index < -0.39 is 0 Å². The van der Waals surface area contributed by atoms with Crippen LogP contribution in [0.25, 0.3) is 0 Å². The summed E-state index contributed by atoms with van der Waals surface area (Å²) in [5.74, 6) is 0.668. The summed E-state index contributed by atoms with van der Waals surface area (Å²) < 4.78 is 5.06. The average molecular weight is 265 g/mol. The number of amides is 1. The Morgan fingerprint density at radius 3 is 2.79 bits per heavy atom. The maximum absolute atomic E-state index is 11.8. The van der Waals surface area contributed by atoms with Crippen molar-refractivity contribution in [1.29, 1.82) is 0 Å². The van der Waals surface area contributed by atoms with Crippen LogP contribution in [0.5, 0.6) is 5.75 Å². The molecule has 0 bridgehead atoms. The van der Waals surface area contributed by atoms with Crippen molar-refractivity contribution in [1.82, 2.24) is 4.90 Å². The van der Waals surface area contributed by atoms with Crippen molar-refractivity contribution in [2.75, 3.05) is 38.3 Å². The SMILES string of the molecule is CCN(C)CCCC(=O)Nc1ccc(OC)cc1N. The second kappa shape index (κ2) is 7.63. The Hall–Kier alpha value is -1.75. The van der Waals surface area contributed by atoms with Gasteiger partial charge < -0.3 is 20.7 Å². The summed E-state index contributed by atoms with van der Waals surface area (Å²) in [5, 5.41) is 2.82. The van der Waals surface area contributed by atoms with Gasteiger partial charge in [0.05, 0.1) is 18.5 Å². The zero-order chi connectivity index (χ0) is 14.3. The van der Waals surface area contributed by atoms with Gasteiger partial charge in [0.15, 0.2) is 0 Å². The Labute approximate surface area is 114 Å². The summed E-state index contributed by atoms with van der Waals surface area (Å²) >= 11 is 0. The Morgan fingerprint density at radius 2 is 2.21 bits per heavy atom. The molecule has 19 heavy (non-hydrogen) atoms. The van der Waals surface area contributed by atoms with Crippen molar-refractivity contribution in [3.63, 3.8) is 0 Å². The molecule has 1 amide bonds. The number of nitrogen functional groups attached to an aromatic ring is 1. The Kier molecular flexibility index (Phi) is 6.15. The van der Waals surface area contributed by atoms with Crippen LogP contribution >= 0.6 is 0 Å². The first-order chi connectivity index (χ1) is 9.06. The second-order valence-corrected chi connectivity index (χ2v) is 4.50. The van der Waals surface area contributed by atoms with Crippen LogP contribution in [0.3, 0.4) is 0 Å². The minimum atomic E-state index is -0.0126. The van der Waals surface area contributed by atoms with Gasteiger partial charge in [0.25, 0.3) is 0 Å². The van der Waals surface area contributed by atoms with Gasteiger partial charge in [-0.3, -0.25) is 4.79 Å². The van der Waals surface area contributed by atoms with Gasteiger partial charge in [-0.2, -0.15) is 0 Å². The molecular formula is C14H23N3O2. The molecule has 1 aromatic carbocycles. The lowest BCUT2D eigenvalue weighted by atomic mass is 10.2. The molecule has 5 heteroatoms. The first-order valence-corrected chi connectivity index (χ1v) is 6.48. The number of nitrogens with zero attached hydrogens (tertiary/aromatic N) is 1. The van der Waals surface area contributed by atoms with Crippen molar-refractivity contribution >= 4 is 17.3 Å². The smallest absolute Gasteiger partial charge is 0.224 e. The fraction of sp³-hybridized carbons (Fsp3) is 0.500. The molecule has 3 N–H and O–H groups in total. The van der Waals surface area contributed by atoms with Crippen LogP contribution in [0, 0.1) is 0 Å². The third-order valence-corrected chi connectivity index (χ3v) is 3.02. The highest BCUT2D eigenvalue weighted by Crippen LogP contribution is 2.24. The summed E-state index contributed by atoms with van der Waals surface area (Å²) in [6, 6.07) is 5.22. The zero-order valence-electron chi connectivity index (χ0n) is 11.9. The number of nitrogens with one attached hydrogen (secondary N) is 1. The van der Waals surface area contributed by atoms with Gasteiger partial charge in [0.2, 0.25) is 5.91 Å². The van der Waals surface area contributed by atoms with E-state index in [1.54, 1.807) is 25.3 Å². The number of anilines is 2. The number of rotatable bonds is 7. The first kappa shape index (κ1) is 15.3. The van der Waals surface area contributed by atoms with Crippen LogP contribution in [0.2, 0.25) is 0 Å². The summed E-state index contributed by atoms with van der Waals surface area (Å²) in [6.45, 7) is 4.01. The van der Waals surface area contributed by atoms with E-state index in [4.69, 9.17) is 10.5 Å². The third-order valence-electron chi connectivity index (χ3n) is 3.02. The predicted octanol–water partition coefficient (Wildman–Crippen LogP) is 1.95. The Balaban J connectivity index is 2.44. The van der Waals surface area contributed by atoms with Crippen LogP contribution in [-0.2, 0) is 4.79 Å². The minimum absolute atomic E-state index is 0.0126. The van der Waals surface area contributed by atoms with E-state index in [-0.39, 0.29) is 5.91 Å². The fourth-order valence-electron chi connectivity index (χ4n) is 1.66. The number of hydrogen-bond donors (Lipinski definition) is 2. The Bertz CT molecular complexity index is 421. The number of carbonyl (C=O) groups excluding carboxylic acids is 1. The maximum atomic E-state index is 11.8. The van der Waals surface area contributed by atoms with Gasteiger partial charge in [-0.15, -0.1) is 0 Å². The van der Waals surface area contributed by atoms with Crippen molar-refractivity contribution in [3.05, 3.63) is 18.2 Å². The molecule has 106 valence electrons. The Morgan fingerprint density at radius 1 is 1.47 bits per heavy atom. The lowest BCUT2D eigenvalue weighted by molar-refractivity contribution is -0.116. The van der Waals surface area contributed by atoms with Crippen molar-refractivity contribution in [2.45, 2.75) is 19.8 Å². The molecule has 1 aromatic rings. The van der Waals surface area contributed by atoms with Crippen LogP contribution in [0.4, 0.5) is 11.4 Å². The van der Waals surface area contributed by atoms with Crippen molar-refractivity contribution in [2.24, 2.45) is 0 Å². The normalized spacial score (nSPS) is 10.5. The molecule has 0 saturated heterocycles. The van der Waals surface area contributed by atoms with Crippen LogP contribution in [0.1, 0.15) is 19.8 Å². The molecule has 0 saturated carbocycles. The van der Waals surface area contributed by atoms with Crippen molar-refractivity contribution < 1.29 is 9.53 Å². The van der Waals surface area contributed by atoms with Gasteiger partial charge in [0.1, 0.15) is 5.75 Å². The number of ether oxygens (including phenoxy) is 1. The number of benzene rings is 1. The van der Waals surface area contributed by atoms with Gasteiger partial charge in [-0.25, -0.2) is 0 Å². The van der Waals surface area contributed by atoms with E-state index in [0.29, 0.717) is 23.5 Å². The fourth-order valence-corrected chi connectivity index (χ4v) is 1.66. The molecule has 0 heterocycles. The summed E-state index contributed by atoms with van der Waals surface area (Å²) in [5.41, 5.74) is 6.99. The van der Waals surface area contributed by atoms with Gasteiger partial charge >= 0.3 is 0 Å². The second-order valence-electron chi connectivity index (χ2n) is 4.50. The quantitative estimate of drug-likeness (QED) is 0.739. The number of hydrogen-bond acceptors (Lipinski definition) is 4. The molecule has 0 atom stereocenters. The first-order valence-electron chi connectivity index (χ1n) is 6.48. The topological polar surface area (TPSA) is 67.6 Å². The highest BCUT2D eigenvalue weighted by molar-refractivity contribution is 5.93. The largest absolute Gasteiger partial charge is 0.497 e. The molecule has 0 spiro atoms. The van der Waals surface area contributed by atoms with Crippen LogP contribution in [0.15, 0.2) is 18.2 Å². The maximum Gasteiger partial charge on any atom is 0.224 e.